The first-order valence-corrected chi connectivity index (χ1v) is 7.96. The minimum atomic E-state index is -0.582. The van der Waals surface area contributed by atoms with Crippen LogP contribution in [0.5, 0.6) is 17.2 Å². The lowest BCUT2D eigenvalue weighted by Crippen LogP contribution is -2.32. The summed E-state index contributed by atoms with van der Waals surface area (Å²) in [5, 5.41) is 13.2. The predicted octanol–water partition coefficient (Wildman–Crippen LogP) is 1.57. The number of benzene rings is 2. The van der Waals surface area contributed by atoms with Gasteiger partial charge < -0.3 is 30.4 Å². The summed E-state index contributed by atoms with van der Waals surface area (Å²) < 4.78 is 16.1. The van der Waals surface area contributed by atoms with Crippen LogP contribution in [0, 0.1) is 0 Å². The van der Waals surface area contributed by atoms with E-state index < -0.39 is 6.10 Å². The zero-order chi connectivity index (χ0) is 16.8. The van der Waals surface area contributed by atoms with Crippen molar-refractivity contribution in [3.05, 3.63) is 48.0 Å². The van der Waals surface area contributed by atoms with Crippen LogP contribution < -0.4 is 25.3 Å². The lowest BCUT2D eigenvalue weighted by atomic mass is 10.1. The fraction of sp³-hybridized carbons (Fsp3) is 0.333. The Hall–Kier alpha value is -2.44. The van der Waals surface area contributed by atoms with E-state index in [2.05, 4.69) is 5.32 Å². The zero-order valence-electron chi connectivity index (χ0n) is 13.4. The predicted molar refractivity (Wildman–Crippen MR) is 91.5 cm³/mol. The van der Waals surface area contributed by atoms with Crippen molar-refractivity contribution in [3.63, 3.8) is 0 Å². The van der Waals surface area contributed by atoms with Crippen molar-refractivity contribution in [2.24, 2.45) is 0 Å². The molecule has 6 heteroatoms. The topological polar surface area (TPSA) is 86.0 Å². The second kappa shape index (κ2) is 7.90. The molecule has 4 N–H and O–H groups in total. The van der Waals surface area contributed by atoms with Crippen LogP contribution in [0.4, 0.5) is 5.69 Å². The van der Waals surface area contributed by atoms with Crippen LogP contribution >= 0.6 is 0 Å². The Bertz CT molecular complexity index is 661. The van der Waals surface area contributed by atoms with Crippen molar-refractivity contribution < 1.29 is 19.3 Å². The third kappa shape index (κ3) is 4.53. The van der Waals surface area contributed by atoms with Gasteiger partial charge in [0.2, 0.25) is 6.79 Å². The summed E-state index contributed by atoms with van der Waals surface area (Å²) in [6, 6.07) is 13.2. The fourth-order valence-corrected chi connectivity index (χ4v) is 2.40. The maximum atomic E-state index is 9.98. The largest absolute Gasteiger partial charge is 0.491 e. The maximum absolute atomic E-state index is 9.98. The molecule has 24 heavy (non-hydrogen) atoms. The van der Waals surface area contributed by atoms with Crippen LogP contribution in [-0.4, -0.2) is 37.7 Å². The van der Waals surface area contributed by atoms with Crippen LogP contribution in [0.1, 0.15) is 5.56 Å². The van der Waals surface area contributed by atoms with Gasteiger partial charge in [-0.15, -0.1) is 0 Å². The van der Waals surface area contributed by atoms with Crippen LogP contribution in [0.3, 0.4) is 0 Å². The summed E-state index contributed by atoms with van der Waals surface area (Å²) in [7, 11) is 0. The van der Waals surface area contributed by atoms with Crippen molar-refractivity contribution in [2.75, 3.05) is 32.2 Å². The van der Waals surface area contributed by atoms with Crippen molar-refractivity contribution in [3.8, 4) is 17.2 Å². The minimum Gasteiger partial charge on any atom is -0.491 e. The number of rotatable bonds is 8. The van der Waals surface area contributed by atoms with Crippen molar-refractivity contribution in [2.45, 2.75) is 12.5 Å². The highest BCUT2D eigenvalue weighted by molar-refractivity contribution is 5.46. The molecular formula is C18H22N2O4. The monoisotopic (exact) mass is 330 g/mol. The molecule has 1 aliphatic heterocycles. The summed E-state index contributed by atoms with van der Waals surface area (Å²) in [6.07, 6.45) is 0.303. The molecule has 0 amide bonds. The number of aliphatic hydroxyl groups is 1. The molecule has 0 bridgehead atoms. The van der Waals surface area contributed by atoms with Gasteiger partial charge in [0.05, 0.1) is 0 Å². The lowest BCUT2D eigenvalue weighted by molar-refractivity contribution is 0.106. The number of nitrogens with two attached hydrogens (primary N) is 1. The first-order valence-electron chi connectivity index (χ1n) is 7.96. The Morgan fingerprint density at radius 3 is 2.75 bits per heavy atom. The summed E-state index contributed by atoms with van der Waals surface area (Å²) in [6.45, 7) is 1.71. The summed E-state index contributed by atoms with van der Waals surface area (Å²) in [4.78, 5) is 0. The number of hydrogen-bond donors (Lipinski definition) is 3. The van der Waals surface area contributed by atoms with E-state index in [4.69, 9.17) is 19.9 Å². The highest BCUT2D eigenvalue weighted by Crippen LogP contribution is 2.35. The average Bonchev–Trinajstić information content (AvgIpc) is 3.06. The first kappa shape index (κ1) is 16.4. The molecule has 1 aliphatic rings. The lowest BCUT2D eigenvalue weighted by Gasteiger charge is -2.13. The second-order valence-electron chi connectivity index (χ2n) is 5.68. The van der Waals surface area contributed by atoms with E-state index in [0.717, 1.165) is 18.7 Å². The molecule has 6 nitrogen and oxygen atoms in total. The number of hydrogen-bond acceptors (Lipinski definition) is 6. The van der Waals surface area contributed by atoms with Crippen LogP contribution in [0.15, 0.2) is 42.5 Å². The van der Waals surface area contributed by atoms with Gasteiger partial charge in [-0.1, -0.05) is 12.1 Å². The number of aliphatic hydroxyl groups excluding tert-OH is 1. The standard InChI is InChI=1S/C18H22N2O4/c19-14-3-1-13(2-4-14)7-8-20-10-15(21)11-22-16-5-6-17-18(9-16)24-12-23-17/h1-6,9,15,20-21H,7-8,10-12,19H2/t15-/m0/s1. The van der Waals surface area contributed by atoms with Gasteiger partial charge in [0.15, 0.2) is 11.5 Å². The molecule has 0 saturated carbocycles. The molecular weight excluding hydrogens is 308 g/mol. The maximum Gasteiger partial charge on any atom is 0.231 e. The van der Waals surface area contributed by atoms with E-state index in [1.165, 1.54) is 5.56 Å². The third-order valence-electron chi connectivity index (χ3n) is 3.74. The van der Waals surface area contributed by atoms with Crippen molar-refractivity contribution in [1.29, 1.82) is 0 Å². The molecule has 0 spiro atoms. The summed E-state index contributed by atoms with van der Waals surface area (Å²) in [5.74, 6) is 2.04. The van der Waals surface area contributed by atoms with E-state index in [9.17, 15) is 5.11 Å². The normalized spacial score (nSPS) is 13.7. The van der Waals surface area contributed by atoms with Gasteiger partial charge in [-0.2, -0.15) is 0 Å². The van der Waals surface area contributed by atoms with Gasteiger partial charge in [0.1, 0.15) is 18.5 Å². The molecule has 1 heterocycles. The molecule has 2 aromatic rings. The molecule has 0 saturated heterocycles. The Kier molecular flexibility index (Phi) is 5.40. The van der Waals surface area contributed by atoms with E-state index in [0.29, 0.717) is 23.8 Å². The minimum absolute atomic E-state index is 0.217. The average molecular weight is 330 g/mol. The molecule has 0 aromatic heterocycles. The smallest absolute Gasteiger partial charge is 0.231 e. The SMILES string of the molecule is Nc1ccc(CCNC[C@H](O)COc2ccc3c(c2)OCO3)cc1. The van der Waals surface area contributed by atoms with Gasteiger partial charge >= 0.3 is 0 Å². The Morgan fingerprint density at radius 1 is 1.12 bits per heavy atom. The highest BCUT2D eigenvalue weighted by Gasteiger charge is 2.14. The molecule has 128 valence electrons. The first-order chi connectivity index (χ1) is 11.7. The van der Waals surface area contributed by atoms with Crippen LogP contribution in [-0.2, 0) is 6.42 Å². The van der Waals surface area contributed by atoms with Crippen molar-refractivity contribution >= 4 is 5.69 Å². The number of nitrogens with one attached hydrogen (secondary N) is 1. The number of ether oxygens (including phenoxy) is 3. The fourth-order valence-electron chi connectivity index (χ4n) is 2.40. The molecule has 0 aliphatic carbocycles. The molecule has 3 rings (SSSR count). The van der Waals surface area contributed by atoms with Crippen LogP contribution in [0.2, 0.25) is 0 Å². The Labute approximate surface area is 141 Å². The van der Waals surface area contributed by atoms with E-state index in [1.54, 1.807) is 18.2 Å². The highest BCUT2D eigenvalue weighted by atomic mass is 16.7. The molecule has 2 aromatic carbocycles. The number of anilines is 1. The van der Waals surface area contributed by atoms with Crippen molar-refractivity contribution in [1.82, 2.24) is 5.32 Å². The quantitative estimate of drug-likeness (QED) is 0.503. The van der Waals surface area contributed by atoms with E-state index in [1.807, 2.05) is 24.3 Å². The molecule has 1 atom stereocenters. The Balaban J connectivity index is 1.34. The van der Waals surface area contributed by atoms with Crippen LogP contribution in [0.25, 0.3) is 0 Å². The van der Waals surface area contributed by atoms with Gasteiger partial charge in [-0.05, 0) is 42.8 Å². The van der Waals surface area contributed by atoms with Gasteiger partial charge in [0.25, 0.3) is 0 Å². The van der Waals surface area contributed by atoms with E-state index >= 15 is 0 Å². The van der Waals surface area contributed by atoms with Gasteiger partial charge in [-0.3, -0.25) is 0 Å². The zero-order valence-corrected chi connectivity index (χ0v) is 13.4. The van der Waals surface area contributed by atoms with Gasteiger partial charge in [-0.25, -0.2) is 0 Å². The summed E-state index contributed by atoms with van der Waals surface area (Å²) in [5.41, 5.74) is 7.63. The van der Waals surface area contributed by atoms with Gasteiger partial charge in [0, 0.05) is 18.3 Å². The van der Waals surface area contributed by atoms with E-state index in [-0.39, 0.29) is 13.4 Å². The molecule has 0 fully saturated rings. The number of nitrogen functional groups attached to an aromatic ring is 1. The third-order valence-corrected chi connectivity index (χ3v) is 3.74. The number of fused-ring (bicyclic) bond motifs is 1. The Morgan fingerprint density at radius 2 is 1.92 bits per heavy atom. The molecule has 0 radical (unpaired) electrons. The second-order valence-corrected chi connectivity index (χ2v) is 5.68. The summed E-state index contributed by atoms with van der Waals surface area (Å²) >= 11 is 0. The molecule has 0 unspecified atom stereocenters.